The van der Waals surface area contributed by atoms with Gasteiger partial charge in [-0.05, 0) is 32.0 Å². The Balaban J connectivity index is 1.76. The van der Waals surface area contributed by atoms with Crippen molar-refractivity contribution < 1.29 is 9.13 Å². The predicted molar refractivity (Wildman–Crippen MR) is 68.0 cm³/mol. The lowest BCUT2D eigenvalue weighted by atomic mass is 9.91. The molecule has 2 heterocycles. The second kappa shape index (κ2) is 4.86. The fourth-order valence-electron chi connectivity index (χ4n) is 2.95. The molecule has 2 unspecified atom stereocenters. The Hall–Kier alpha value is -1.13. The fraction of sp³-hybridized carbons (Fsp3) is 0.571. The molecule has 2 N–H and O–H groups in total. The van der Waals surface area contributed by atoms with Gasteiger partial charge < -0.3 is 15.4 Å². The lowest BCUT2D eigenvalue weighted by Gasteiger charge is -2.33. The normalized spacial score (nSPS) is 27.9. The van der Waals surface area contributed by atoms with Gasteiger partial charge in [0.15, 0.2) is 11.6 Å². The third kappa shape index (κ3) is 2.10. The van der Waals surface area contributed by atoms with E-state index in [2.05, 4.69) is 4.90 Å². The maximum absolute atomic E-state index is 13.6. The minimum atomic E-state index is -0.303. The topological polar surface area (TPSA) is 38.5 Å². The van der Waals surface area contributed by atoms with E-state index < -0.39 is 0 Å². The number of para-hydroxylation sites is 1. The molecule has 1 saturated heterocycles. The summed E-state index contributed by atoms with van der Waals surface area (Å²) < 4.78 is 19.2. The fourth-order valence-corrected chi connectivity index (χ4v) is 2.95. The van der Waals surface area contributed by atoms with Gasteiger partial charge in [-0.1, -0.05) is 12.1 Å². The van der Waals surface area contributed by atoms with Crippen LogP contribution in [-0.4, -0.2) is 31.1 Å². The van der Waals surface area contributed by atoms with Gasteiger partial charge in [-0.25, -0.2) is 4.39 Å². The third-order valence-corrected chi connectivity index (χ3v) is 4.00. The molecule has 0 radical (unpaired) electrons. The number of likely N-dealkylation sites (tertiary alicyclic amines) is 1. The summed E-state index contributed by atoms with van der Waals surface area (Å²) in [4.78, 5) is 2.43. The molecular weight excluding hydrogens is 231 g/mol. The molecule has 98 valence electrons. The summed E-state index contributed by atoms with van der Waals surface area (Å²) >= 11 is 0. The highest BCUT2D eigenvalue weighted by Crippen LogP contribution is 2.36. The van der Waals surface area contributed by atoms with E-state index in [0.29, 0.717) is 12.4 Å². The Morgan fingerprint density at radius 2 is 2.11 bits per heavy atom. The molecule has 0 aliphatic carbocycles. The third-order valence-electron chi connectivity index (χ3n) is 4.00. The Labute approximate surface area is 107 Å². The first-order valence-corrected chi connectivity index (χ1v) is 6.65. The summed E-state index contributed by atoms with van der Waals surface area (Å²) in [6.45, 7) is 3.78. The molecule has 0 bridgehead atoms. The van der Waals surface area contributed by atoms with Crippen LogP contribution in [0.25, 0.3) is 0 Å². The summed E-state index contributed by atoms with van der Waals surface area (Å²) in [7, 11) is 0. The van der Waals surface area contributed by atoms with Crippen LogP contribution in [0.15, 0.2) is 18.2 Å². The van der Waals surface area contributed by atoms with Crippen molar-refractivity contribution in [1.82, 2.24) is 4.90 Å². The van der Waals surface area contributed by atoms with Crippen LogP contribution in [0.2, 0.25) is 0 Å². The van der Waals surface area contributed by atoms with Crippen molar-refractivity contribution in [3.05, 3.63) is 29.6 Å². The molecule has 0 saturated carbocycles. The zero-order chi connectivity index (χ0) is 12.5. The minimum absolute atomic E-state index is 0.120. The van der Waals surface area contributed by atoms with Crippen LogP contribution in [0, 0.1) is 11.7 Å². The standard InChI is InChI=1S/C14H19FN2O/c15-12-5-3-4-11-13(16)10(9-18-14(11)12)8-17-6-1-2-7-17/h3-5,10,13H,1-2,6-9,16H2. The Bertz CT molecular complexity index is 432. The highest BCUT2D eigenvalue weighted by Gasteiger charge is 2.31. The number of fused-ring (bicyclic) bond motifs is 1. The summed E-state index contributed by atoms with van der Waals surface area (Å²) in [6.07, 6.45) is 2.54. The predicted octanol–water partition coefficient (Wildman–Crippen LogP) is 1.93. The molecule has 1 aromatic carbocycles. The van der Waals surface area contributed by atoms with E-state index in [1.807, 2.05) is 6.07 Å². The molecule has 2 aliphatic heterocycles. The smallest absolute Gasteiger partial charge is 0.165 e. The van der Waals surface area contributed by atoms with Gasteiger partial charge in [-0.3, -0.25) is 0 Å². The van der Waals surface area contributed by atoms with E-state index in [4.69, 9.17) is 10.5 Å². The second-order valence-corrected chi connectivity index (χ2v) is 5.26. The zero-order valence-corrected chi connectivity index (χ0v) is 10.4. The minimum Gasteiger partial charge on any atom is -0.490 e. The summed E-state index contributed by atoms with van der Waals surface area (Å²) in [5, 5.41) is 0. The maximum atomic E-state index is 13.6. The Morgan fingerprint density at radius 3 is 2.89 bits per heavy atom. The molecule has 3 nitrogen and oxygen atoms in total. The molecule has 3 rings (SSSR count). The van der Waals surface area contributed by atoms with E-state index in [-0.39, 0.29) is 17.8 Å². The zero-order valence-electron chi connectivity index (χ0n) is 10.4. The van der Waals surface area contributed by atoms with Crippen molar-refractivity contribution in [2.24, 2.45) is 11.7 Å². The summed E-state index contributed by atoms with van der Waals surface area (Å²) in [5.41, 5.74) is 7.07. The van der Waals surface area contributed by atoms with Crippen molar-refractivity contribution >= 4 is 0 Å². The largest absolute Gasteiger partial charge is 0.490 e. The van der Waals surface area contributed by atoms with Crippen LogP contribution in [0.4, 0.5) is 4.39 Å². The molecule has 2 atom stereocenters. The molecule has 0 spiro atoms. The van der Waals surface area contributed by atoms with E-state index in [9.17, 15) is 4.39 Å². The monoisotopic (exact) mass is 250 g/mol. The SMILES string of the molecule is NC1c2cccc(F)c2OCC1CN1CCCC1. The summed E-state index contributed by atoms with van der Waals surface area (Å²) in [6, 6.07) is 4.88. The van der Waals surface area contributed by atoms with Crippen molar-refractivity contribution in [3.63, 3.8) is 0 Å². The van der Waals surface area contributed by atoms with Gasteiger partial charge in [0.2, 0.25) is 0 Å². The maximum Gasteiger partial charge on any atom is 0.165 e. The number of benzene rings is 1. The van der Waals surface area contributed by atoms with Crippen LogP contribution in [0.1, 0.15) is 24.4 Å². The van der Waals surface area contributed by atoms with Crippen molar-refractivity contribution in [2.75, 3.05) is 26.2 Å². The van der Waals surface area contributed by atoms with E-state index in [1.165, 1.54) is 18.9 Å². The van der Waals surface area contributed by atoms with Gasteiger partial charge >= 0.3 is 0 Å². The van der Waals surface area contributed by atoms with Gasteiger partial charge in [0.25, 0.3) is 0 Å². The van der Waals surface area contributed by atoms with Gasteiger partial charge in [0.05, 0.1) is 6.61 Å². The molecule has 0 amide bonds. The number of hydrogen-bond donors (Lipinski definition) is 1. The quantitative estimate of drug-likeness (QED) is 0.871. The van der Waals surface area contributed by atoms with E-state index in [1.54, 1.807) is 6.07 Å². The van der Waals surface area contributed by atoms with Crippen molar-refractivity contribution in [1.29, 1.82) is 0 Å². The van der Waals surface area contributed by atoms with Gasteiger partial charge in [-0.2, -0.15) is 0 Å². The van der Waals surface area contributed by atoms with Crippen LogP contribution >= 0.6 is 0 Å². The second-order valence-electron chi connectivity index (χ2n) is 5.26. The molecular formula is C14H19FN2O. The first kappa shape index (κ1) is 11.9. The van der Waals surface area contributed by atoms with Crippen LogP contribution in [-0.2, 0) is 0 Å². The highest BCUT2D eigenvalue weighted by atomic mass is 19.1. The molecule has 1 fully saturated rings. The first-order chi connectivity index (χ1) is 8.75. The van der Waals surface area contributed by atoms with E-state index >= 15 is 0 Å². The van der Waals surface area contributed by atoms with Gasteiger partial charge in [0.1, 0.15) is 0 Å². The Morgan fingerprint density at radius 1 is 1.33 bits per heavy atom. The highest BCUT2D eigenvalue weighted by molar-refractivity contribution is 5.39. The van der Waals surface area contributed by atoms with Crippen LogP contribution < -0.4 is 10.5 Å². The molecule has 2 aliphatic rings. The number of halogens is 1. The summed E-state index contributed by atoms with van der Waals surface area (Å²) in [5.74, 6) is 0.308. The van der Waals surface area contributed by atoms with Crippen molar-refractivity contribution in [2.45, 2.75) is 18.9 Å². The Kier molecular flexibility index (Phi) is 3.22. The average molecular weight is 250 g/mol. The van der Waals surface area contributed by atoms with Gasteiger partial charge in [0, 0.05) is 24.1 Å². The number of ether oxygens (including phenoxy) is 1. The average Bonchev–Trinajstić information content (AvgIpc) is 2.86. The van der Waals surface area contributed by atoms with E-state index in [0.717, 1.165) is 25.2 Å². The number of nitrogens with zero attached hydrogens (tertiary/aromatic N) is 1. The molecule has 4 heteroatoms. The lowest BCUT2D eigenvalue weighted by molar-refractivity contribution is 0.146. The number of hydrogen-bond acceptors (Lipinski definition) is 3. The van der Waals surface area contributed by atoms with Gasteiger partial charge in [-0.15, -0.1) is 0 Å². The van der Waals surface area contributed by atoms with Crippen LogP contribution in [0.5, 0.6) is 5.75 Å². The van der Waals surface area contributed by atoms with Crippen LogP contribution in [0.3, 0.4) is 0 Å². The molecule has 1 aromatic rings. The first-order valence-electron chi connectivity index (χ1n) is 6.65. The van der Waals surface area contributed by atoms with Crippen molar-refractivity contribution in [3.8, 4) is 5.75 Å². The molecule has 0 aromatic heterocycles. The number of rotatable bonds is 2. The number of nitrogens with two attached hydrogens (primary N) is 1. The molecule has 18 heavy (non-hydrogen) atoms. The lowest BCUT2D eigenvalue weighted by Crippen LogP contribution is -2.39.